The summed E-state index contributed by atoms with van der Waals surface area (Å²) in [6, 6.07) is 54.3. The number of amides is 7. The number of ether oxygens (including phenoxy) is 1. The summed E-state index contributed by atoms with van der Waals surface area (Å²) < 4.78 is 20.6. The van der Waals surface area contributed by atoms with Crippen molar-refractivity contribution in [2.75, 3.05) is 202 Å². The van der Waals surface area contributed by atoms with E-state index in [0.29, 0.717) is 120 Å². The molecule has 0 radical (unpaired) electrons. The van der Waals surface area contributed by atoms with E-state index in [9.17, 15) is 38.0 Å². The number of piperazine rings is 4. The largest absolute Gasteiger partial charge is 0.494 e. The summed E-state index contributed by atoms with van der Waals surface area (Å²) in [6.45, 7) is 42.3. The first-order valence-corrected chi connectivity index (χ1v) is 46.9. The Hall–Kier alpha value is -17.1. The topological polar surface area (TPSA) is 402 Å². The third kappa shape index (κ3) is 29.7. The molecule has 4 saturated heterocycles. The van der Waals surface area contributed by atoms with Gasteiger partial charge in [0.1, 0.15) is 34.8 Å². The van der Waals surface area contributed by atoms with Gasteiger partial charge in [-0.25, -0.2) is 24.3 Å². The van der Waals surface area contributed by atoms with Crippen molar-refractivity contribution in [3.63, 3.8) is 0 Å². The highest BCUT2D eigenvalue weighted by atomic mass is 35.5. The van der Waals surface area contributed by atoms with Gasteiger partial charge < -0.3 is 108 Å². The molecule has 740 valence electrons. The van der Waals surface area contributed by atoms with Crippen molar-refractivity contribution in [1.82, 2.24) is 59.5 Å². The zero-order valence-corrected chi connectivity index (χ0v) is 82.1. The molecule has 4 fully saturated rings. The van der Waals surface area contributed by atoms with Gasteiger partial charge in [0.05, 0.1) is 29.2 Å². The molecule has 0 aliphatic carbocycles. The van der Waals surface area contributed by atoms with E-state index in [1.54, 1.807) is 94.0 Å². The number of halogens is 2. The summed E-state index contributed by atoms with van der Waals surface area (Å²) in [5.74, 6) is 3.51. The van der Waals surface area contributed by atoms with Gasteiger partial charge in [0.2, 0.25) is 65.1 Å². The molecule has 12 aromatic rings. The molecule has 0 unspecified atom stereocenters. The van der Waals surface area contributed by atoms with Gasteiger partial charge in [0.25, 0.3) is 0 Å². The van der Waals surface area contributed by atoms with E-state index in [1.165, 1.54) is 30.4 Å². The maximum atomic E-state index is 14.9. The Balaban J connectivity index is 0.000000160. The highest BCUT2D eigenvalue weighted by Crippen LogP contribution is 2.37. The number of anilines is 24. The third-order valence-electron chi connectivity index (χ3n) is 23.6. The van der Waals surface area contributed by atoms with Gasteiger partial charge in [-0.1, -0.05) is 69.1 Å². The molecule has 4 aromatic heterocycles. The van der Waals surface area contributed by atoms with Crippen LogP contribution in [0.2, 0.25) is 5.02 Å². The zero-order valence-electron chi connectivity index (χ0n) is 81.4. The van der Waals surface area contributed by atoms with Crippen molar-refractivity contribution in [1.29, 1.82) is 0 Å². The van der Waals surface area contributed by atoms with Gasteiger partial charge in [-0.15, -0.1) is 0 Å². The number of hydrogen-bond donors (Lipinski definition) is 12. The molecule has 38 heteroatoms. The molecular weight excluding hydrogens is 1840 g/mol. The summed E-state index contributed by atoms with van der Waals surface area (Å²) in [6.07, 6.45) is 11.8. The Morgan fingerprint density at radius 3 is 0.951 bits per heavy atom. The molecular formula is C105H118ClFN28O8. The molecule has 143 heavy (non-hydrogen) atoms. The predicted octanol–water partition coefficient (Wildman–Crippen LogP) is 17.5. The van der Waals surface area contributed by atoms with Crippen LogP contribution in [0, 0.1) is 33.5 Å². The highest BCUT2D eigenvalue weighted by molar-refractivity contribution is 6.33. The van der Waals surface area contributed by atoms with Crippen LogP contribution in [0.5, 0.6) is 5.75 Å². The summed E-state index contributed by atoms with van der Waals surface area (Å²) in [4.78, 5) is 134. The second-order valence-corrected chi connectivity index (χ2v) is 34.1. The van der Waals surface area contributed by atoms with E-state index >= 15 is 0 Å². The minimum Gasteiger partial charge on any atom is -0.494 e. The summed E-state index contributed by atoms with van der Waals surface area (Å²) in [5, 5.41) is 37.3. The van der Waals surface area contributed by atoms with Crippen molar-refractivity contribution in [2.45, 2.75) is 55.4 Å². The number of nitrogens with one attached hydrogen (secondary N) is 12. The average Bonchev–Trinajstić information content (AvgIpc) is 0.793. The number of methoxy groups -OCH3 is 1. The molecule has 0 saturated carbocycles. The number of aryl methyl sites for hydroxylation is 4. The van der Waals surface area contributed by atoms with Crippen molar-refractivity contribution in [3.8, 4) is 5.75 Å². The predicted molar refractivity (Wildman–Crippen MR) is 569 cm³/mol. The van der Waals surface area contributed by atoms with Crippen LogP contribution in [-0.4, -0.2) is 219 Å². The first-order valence-electron chi connectivity index (χ1n) is 46.5. The highest BCUT2D eigenvalue weighted by Gasteiger charge is 2.26. The summed E-state index contributed by atoms with van der Waals surface area (Å²) in [5.41, 5.74) is 15.7. The number of carbonyl (C=O) groups excluding carboxylic acids is 7. The Labute approximate surface area is 835 Å². The first kappa shape index (κ1) is 103. The lowest BCUT2D eigenvalue weighted by Crippen LogP contribution is -2.48. The molecule has 4 aliphatic heterocycles. The number of benzene rings is 8. The fourth-order valence-corrected chi connectivity index (χ4v) is 15.7. The van der Waals surface area contributed by atoms with Crippen molar-refractivity contribution < 1.29 is 42.7 Å². The van der Waals surface area contributed by atoms with Crippen LogP contribution in [0.3, 0.4) is 0 Å². The average molecular weight is 1950 g/mol. The van der Waals surface area contributed by atoms with Crippen LogP contribution < -0.4 is 88.1 Å². The SMILES string of the molecule is C=CC(=O)Nc1cccc(Nc2nc(Nc3ccc(N4CCN(C(C)=O)CC4)cc3)ncc2C)c1.C=CC(=O)Nc1cccc(Nc2nc(Nc3ccc(N4CCN(C(C)=O)CC4)cc3Cl)ncc2C)c1.C=CC(=O)Nc1cccc(Nc2nc(Nc3ccc(N4CCN(C(C)=O)CC4)cc3F)ncc2C)c1.C=CC(=O)Nc1cccc(Nc2nc(Nc3ccc(N4CCN(CC)CC4)cc3OC)ncc2C)c1. The number of nitrogens with zero attached hydrogens (tertiary/aromatic N) is 16. The minimum absolute atomic E-state index is 0.0551. The van der Waals surface area contributed by atoms with Crippen LogP contribution in [0.25, 0.3) is 0 Å². The van der Waals surface area contributed by atoms with Crippen molar-refractivity contribution in [2.24, 2.45) is 0 Å². The smallest absolute Gasteiger partial charge is 0.247 e. The maximum Gasteiger partial charge on any atom is 0.247 e. The van der Waals surface area contributed by atoms with Crippen molar-refractivity contribution in [3.05, 3.63) is 284 Å². The monoisotopic (exact) mass is 1950 g/mol. The van der Waals surface area contributed by atoms with E-state index in [0.717, 1.165) is 151 Å². The number of hydrogen-bond acceptors (Lipinski definition) is 29. The molecule has 4 aliphatic rings. The molecule has 16 rings (SSSR count). The number of rotatable bonds is 30. The standard InChI is InChI=1S/C27H33N7O2.C26H28ClN7O2.C26H28FN7O2.C26H29N7O2/c1-5-25(35)29-20-8-7-9-21(16-20)30-26-19(3)18-28-27(32-26)31-23-11-10-22(17-24(23)36-4)34-14-12-33(6-2)13-15-34;2*1-4-24(36)29-19-6-5-7-20(14-19)30-25-17(2)16-28-26(32-25)31-23-9-8-21(15-22(23)27)34-12-10-33(11-13-34)18(3)35;1-4-24(35)28-21-6-5-7-22(16-21)29-25-18(2)17-27-26(31-25)30-20-8-10-23(11-9-20)33-14-12-32(13-15-33)19(3)34/h5,7-11,16-18H,1,6,12-15H2,2-4H3,(H,29,35)(H2,28,30,31,32);2*4-9,14-16H,1,10-13H2,2-3H3,(H,29,36)(H2,28,30,31,32);4-11,16-17H,1,12-15H2,2-3H3,(H,28,35)(H2,27,29,30,31). The van der Waals surface area contributed by atoms with Crippen LogP contribution in [0.1, 0.15) is 49.9 Å². The van der Waals surface area contributed by atoms with E-state index in [1.807, 2.05) is 147 Å². The second-order valence-electron chi connectivity index (χ2n) is 33.7. The van der Waals surface area contributed by atoms with Crippen LogP contribution in [0.4, 0.5) is 142 Å². The summed E-state index contributed by atoms with van der Waals surface area (Å²) >= 11 is 6.58. The van der Waals surface area contributed by atoms with Gasteiger partial charge in [-0.2, -0.15) is 19.9 Å². The zero-order chi connectivity index (χ0) is 102. The molecule has 7 amide bonds. The van der Waals surface area contributed by atoms with Gasteiger partial charge in [-0.3, -0.25) is 33.6 Å². The first-order chi connectivity index (χ1) is 69.0. The number of aromatic nitrogens is 8. The van der Waals surface area contributed by atoms with E-state index in [-0.39, 0.29) is 53.0 Å². The second kappa shape index (κ2) is 50.0. The molecule has 36 nitrogen and oxygen atoms in total. The normalized spacial score (nSPS) is 13.3. The van der Waals surface area contributed by atoms with Gasteiger partial charge in [0.15, 0.2) is 0 Å². The van der Waals surface area contributed by atoms with E-state index < -0.39 is 5.82 Å². The fourth-order valence-electron chi connectivity index (χ4n) is 15.5. The Morgan fingerprint density at radius 2 is 0.629 bits per heavy atom. The molecule has 8 heterocycles. The van der Waals surface area contributed by atoms with E-state index in [2.05, 4.69) is 186 Å². The summed E-state index contributed by atoms with van der Waals surface area (Å²) in [7, 11) is 1.67. The molecule has 12 N–H and O–H groups in total. The lowest BCUT2D eigenvalue weighted by atomic mass is 10.2. The van der Waals surface area contributed by atoms with Gasteiger partial charge in [-0.05, 0) is 204 Å². The third-order valence-corrected chi connectivity index (χ3v) is 23.9. The van der Waals surface area contributed by atoms with Crippen molar-refractivity contribution >= 4 is 191 Å². The minimum atomic E-state index is -0.425. The molecule has 0 atom stereocenters. The Morgan fingerprint density at radius 1 is 0.343 bits per heavy atom. The van der Waals surface area contributed by atoms with Crippen LogP contribution in [0.15, 0.2) is 251 Å². The molecule has 0 spiro atoms. The fraction of sp³-hybridized carbons (Fsp3) is 0.248. The molecule has 0 bridgehead atoms. The maximum absolute atomic E-state index is 14.9. The van der Waals surface area contributed by atoms with E-state index in [4.69, 9.17) is 16.3 Å². The number of likely N-dealkylation sites (N-methyl/N-ethyl adjacent to an activating group) is 1. The van der Waals surface area contributed by atoms with Gasteiger partial charge >= 0.3 is 0 Å². The molecule has 8 aromatic carbocycles. The Bertz CT molecular complexity index is 6380. The number of carbonyl (C=O) groups is 7. The van der Waals surface area contributed by atoms with Crippen LogP contribution >= 0.6 is 11.6 Å². The lowest BCUT2D eigenvalue weighted by Gasteiger charge is -2.35. The quantitative estimate of drug-likeness (QED) is 0.0186. The van der Waals surface area contributed by atoms with Gasteiger partial charge in [0, 0.05) is 253 Å². The lowest BCUT2D eigenvalue weighted by molar-refractivity contribution is -0.129. The van der Waals surface area contributed by atoms with Crippen LogP contribution in [-0.2, 0) is 33.6 Å². The Kier molecular flexibility index (Phi) is 36.1.